The highest BCUT2D eigenvalue weighted by atomic mass is 35.5. The fourth-order valence-electron chi connectivity index (χ4n) is 1.93. The summed E-state index contributed by atoms with van der Waals surface area (Å²) in [6.07, 6.45) is 0. The van der Waals surface area contributed by atoms with Crippen molar-refractivity contribution in [2.45, 2.75) is 12.1 Å². The Morgan fingerprint density at radius 2 is 1.14 bits per heavy atom. The lowest BCUT2D eigenvalue weighted by Gasteiger charge is -2.08. The topological polar surface area (TPSA) is 123 Å². The predicted molar refractivity (Wildman–Crippen MR) is 83.1 cm³/mol. The van der Waals surface area contributed by atoms with Crippen LogP contribution in [0, 0.1) is 11.8 Å². The number of hydrogen-bond donors (Lipinski definition) is 2. The van der Waals surface area contributed by atoms with Crippen molar-refractivity contribution in [3.8, 4) is 0 Å². The Hall–Kier alpha value is -0.640. The van der Waals surface area contributed by atoms with Crippen LogP contribution in [-0.2, 0) is 28.5 Å². The van der Waals surface area contributed by atoms with Gasteiger partial charge in [-0.2, -0.15) is 0 Å². The molecular formula is C12H24Cl2N2O6. The van der Waals surface area contributed by atoms with Gasteiger partial charge in [-0.05, 0) is 0 Å². The zero-order valence-electron chi connectivity index (χ0n) is 12.6. The summed E-state index contributed by atoms with van der Waals surface area (Å²) in [5, 5.41) is 0. The molecule has 132 valence electrons. The molecule has 0 bridgehead atoms. The van der Waals surface area contributed by atoms with E-state index in [0.717, 1.165) is 0 Å². The minimum Gasteiger partial charge on any atom is -0.469 e. The molecule has 0 amide bonds. The van der Waals surface area contributed by atoms with Crippen LogP contribution in [-0.4, -0.2) is 64.7 Å². The number of nitrogens with two attached hydrogens (primary N) is 2. The molecule has 4 N–H and O–H groups in total. The lowest BCUT2D eigenvalue weighted by Crippen LogP contribution is -2.34. The standard InChI is InChI=1S/2C6H11NO3.2ClH/c2*1-9-6(8)4-2-10-3-5(4)7;;/h2*4-5H,2-3,7H2,1H3;2*1H/t2*4-,5+;;/m10../s1. The third-order valence-corrected chi connectivity index (χ3v) is 3.26. The third kappa shape index (κ3) is 6.64. The summed E-state index contributed by atoms with van der Waals surface area (Å²) < 4.78 is 18.9. The van der Waals surface area contributed by atoms with Gasteiger partial charge in [-0.1, -0.05) is 0 Å². The fraction of sp³-hybridized carbons (Fsp3) is 0.833. The maximum atomic E-state index is 10.8. The Bertz CT molecular complexity index is 316. The number of hydrogen-bond acceptors (Lipinski definition) is 8. The Morgan fingerprint density at radius 3 is 1.32 bits per heavy atom. The van der Waals surface area contributed by atoms with E-state index in [-0.39, 0.29) is 60.7 Å². The number of rotatable bonds is 2. The SMILES string of the molecule is COC(=O)[C@@H]1COC[C@@H]1N.COC(=O)[C@H]1COC[C@H]1N.Cl.Cl. The minimum atomic E-state index is -0.273. The van der Waals surface area contributed by atoms with Crippen molar-refractivity contribution in [1.82, 2.24) is 0 Å². The maximum Gasteiger partial charge on any atom is 0.312 e. The molecule has 4 atom stereocenters. The van der Waals surface area contributed by atoms with Gasteiger partial charge in [0.1, 0.15) is 0 Å². The summed E-state index contributed by atoms with van der Waals surface area (Å²) in [6.45, 7) is 1.71. The fourth-order valence-corrected chi connectivity index (χ4v) is 1.93. The molecule has 0 unspecified atom stereocenters. The number of carbonyl (C=O) groups is 2. The quantitative estimate of drug-likeness (QED) is 0.606. The van der Waals surface area contributed by atoms with Crippen LogP contribution < -0.4 is 11.5 Å². The molecule has 22 heavy (non-hydrogen) atoms. The van der Waals surface area contributed by atoms with E-state index in [0.29, 0.717) is 26.4 Å². The molecule has 2 aliphatic heterocycles. The van der Waals surface area contributed by atoms with Crippen molar-refractivity contribution in [1.29, 1.82) is 0 Å². The predicted octanol–water partition coefficient (Wildman–Crippen LogP) is -0.890. The first-order chi connectivity index (χ1) is 9.51. The smallest absolute Gasteiger partial charge is 0.312 e. The lowest BCUT2D eigenvalue weighted by molar-refractivity contribution is -0.146. The van der Waals surface area contributed by atoms with Gasteiger partial charge in [0.25, 0.3) is 0 Å². The highest BCUT2D eigenvalue weighted by molar-refractivity contribution is 5.85. The monoisotopic (exact) mass is 362 g/mol. The van der Waals surface area contributed by atoms with Crippen LogP contribution in [0.5, 0.6) is 0 Å². The van der Waals surface area contributed by atoms with Gasteiger partial charge in [0.2, 0.25) is 0 Å². The van der Waals surface area contributed by atoms with Crippen LogP contribution in [0.1, 0.15) is 0 Å². The second-order valence-electron chi connectivity index (χ2n) is 4.66. The number of carbonyl (C=O) groups excluding carboxylic acids is 2. The van der Waals surface area contributed by atoms with Crippen molar-refractivity contribution in [3.05, 3.63) is 0 Å². The summed E-state index contributed by atoms with van der Waals surface area (Å²) in [6, 6.07) is -0.375. The van der Waals surface area contributed by atoms with Crippen molar-refractivity contribution in [2.24, 2.45) is 23.3 Å². The van der Waals surface area contributed by atoms with Gasteiger partial charge < -0.3 is 30.4 Å². The molecule has 0 aromatic heterocycles. The number of methoxy groups -OCH3 is 2. The van der Waals surface area contributed by atoms with Gasteiger partial charge >= 0.3 is 11.9 Å². The van der Waals surface area contributed by atoms with Crippen LogP contribution in [0.2, 0.25) is 0 Å². The first-order valence-electron chi connectivity index (χ1n) is 6.33. The molecule has 10 heteroatoms. The van der Waals surface area contributed by atoms with Gasteiger partial charge in [0, 0.05) is 12.1 Å². The van der Waals surface area contributed by atoms with E-state index in [1.54, 1.807) is 0 Å². The van der Waals surface area contributed by atoms with E-state index in [4.69, 9.17) is 20.9 Å². The average molecular weight is 363 g/mol. The number of ether oxygens (including phenoxy) is 4. The van der Waals surface area contributed by atoms with Gasteiger partial charge in [-0.3, -0.25) is 9.59 Å². The van der Waals surface area contributed by atoms with Gasteiger partial charge in [0.15, 0.2) is 0 Å². The molecular weight excluding hydrogens is 339 g/mol. The molecule has 2 rings (SSSR count). The molecule has 0 spiro atoms. The zero-order valence-corrected chi connectivity index (χ0v) is 14.2. The minimum absolute atomic E-state index is 0. The Balaban J connectivity index is 0. The number of halogens is 2. The van der Waals surface area contributed by atoms with Crippen LogP contribution >= 0.6 is 24.8 Å². The Kier molecular flexibility index (Phi) is 12.7. The zero-order chi connectivity index (χ0) is 15.1. The third-order valence-electron chi connectivity index (χ3n) is 3.26. The summed E-state index contributed by atoms with van der Waals surface area (Å²) in [5.74, 6) is -1.06. The van der Waals surface area contributed by atoms with E-state index in [1.807, 2.05) is 0 Å². The lowest BCUT2D eigenvalue weighted by atomic mass is 10.1. The normalized spacial score (nSPS) is 29.3. The van der Waals surface area contributed by atoms with E-state index in [2.05, 4.69) is 9.47 Å². The molecule has 0 saturated carbocycles. The van der Waals surface area contributed by atoms with Crippen molar-refractivity contribution in [3.63, 3.8) is 0 Å². The van der Waals surface area contributed by atoms with E-state index < -0.39 is 0 Å². The average Bonchev–Trinajstić information content (AvgIpc) is 3.06. The maximum absolute atomic E-state index is 10.8. The van der Waals surface area contributed by atoms with Crippen LogP contribution in [0.25, 0.3) is 0 Å². The molecule has 0 aromatic carbocycles. The molecule has 0 radical (unpaired) electrons. The first-order valence-corrected chi connectivity index (χ1v) is 6.33. The largest absolute Gasteiger partial charge is 0.469 e. The van der Waals surface area contributed by atoms with Crippen molar-refractivity contribution >= 4 is 36.8 Å². The molecule has 2 saturated heterocycles. The van der Waals surface area contributed by atoms with Gasteiger partial charge in [-0.15, -0.1) is 24.8 Å². The van der Waals surface area contributed by atoms with Crippen LogP contribution in [0.15, 0.2) is 0 Å². The molecule has 0 aliphatic carbocycles. The molecule has 2 fully saturated rings. The Morgan fingerprint density at radius 1 is 0.818 bits per heavy atom. The van der Waals surface area contributed by atoms with E-state index in [9.17, 15) is 9.59 Å². The van der Waals surface area contributed by atoms with E-state index >= 15 is 0 Å². The van der Waals surface area contributed by atoms with Crippen LogP contribution in [0.4, 0.5) is 0 Å². The summed E-state index contributed by atoms with van der Waals surface area (Å²) >= 11 is 0. The van der Waals surface area contributed by atoms with Crippen molar-refractivity contribution in [2.75, 3.05) is 40.6 Å². The second kappa shape index (κ2) is 11.9. The van der Waals surface area contributed by atoms with Crippen molar-refractivity contribution < 1.29 is 28.5 Å². The molecule has 2 aliphatic rings. The highest BCUT2D eigenvalue weighted by Gasteiger charge is 2.32. The van der Waals surface area contributed by atoms with Gasteiger partial charge in [-0.25, -0.2) is 0 Å². The summed E-state index contributed by atoms with van der Waals surface area (Å²) in [5.41, 5.74) is 11.1. The second-order valence-corrected chi connectivity index (χ2v) is 4.66. The number of esters is 2. The molecule has 8 nitrogen and oxygen atoms in total. The molecule has 0 aromatic rings. The summed E-state index contributed by atoms with van der Waals surface area (Å²) in [4.78, 5) is 21.7. The first kappa shape index (κ1) is 23.6. The molecule has 2 heterocycles. The van der Waals surface area contributed by atoms with E-state index in [1.165, 1.54) is 14.2 Å². The Labute approximate surface area is 142 Å². The van der Waals surface area contributed by atoms with Gasteiger partial charge in [0.05, 0.1) is 52.5 Å². The summed E-state index contributed by atoms with van der Waals surface area (Å²) in [7, 11) is 2.71. The van der Waals surface area contributed by atoms with Crippen LogP contribution in [0.3, 0.4) is 0 Å². The highest BCUT2D eigenvalue weighted by Crippen LogP contribution is 2.13.